The molecule has 0 spiro atoms. The van der Waals surface area contributed by atoms with E-state index >= 15 is 0 Å². The number of nitrogens with one attached hydrogen (secondary N) is 3. The number of aryl methyl sites for hydroxylation is 1. The summed E-state index contributed by atoms with van der Waals surface area (Å²) in [6.07, 6.45) is -4.99. The number of hydrogen-bond donors (Lipinski definition) is 4. The number of rotatable bonds is 14. The third-order valence-corrected chi connectivity index (χ3v) is 7.57. The zero-order valence-electron chi connectivity index (χ0n) is 30.9. The van der Waals surface area contributed by atoms with E-state index in [9.17, 15) is 43.5 Å². The van der Waals surface area contributed by atoms with Gasteiger partial charge in [-0.2, -0.15) is 0 Å². The van der Waals surface area contributed by atoms with Crippen LogP contribution in [0.1, 0.15) is 60.8 Å². The highest BCUT2D eigenvalue weighted by Crippen LogP contribution is 2.30. The first-order valence-corrected chi connectivity index (χ1v) is 16.6. The minimum Gasteiger partial charge on any atom is -0.493 e. The Labute approximate surface area is 323 Å². The van der Waals surface area contributed by atoms with Crippen molar-refractivity contribution in [1.82, 2.24) is 10.9 Å². The SMILES string of the molecule is COc1cc(C(=O)O[C@H](C(=O)O)[C@H](OC(=O)c2ccc(OC(C)=O)c(OC)c2)C(=O)NNC(=O)c2ccc(NC(=O)c3ccc(C)cc3)cc2)ccc1OC(C)=O. The molecule has 57 heavy (non-hydrogen) atoms. The number of aliphatic carboxylic acids is 1. The summed E-state index contributed by atoms with van der Waals surface area (Å²) >= 11 is 0. The molecule has 296 valence electrons. The largest absolute Gasteiger partial charge is 0.493 e. The number of methoxy groups -OCH3 is 2. The summed E-state index contributed by atoms with van der Waals surface area (Å²) in [6, 6.07) is 19.0. The Bertz CT molecular complexity index is 2200. The van der Waals surface area contributed by atoms with Crippen LogP contribution in [0.5, 0.6) is 23.0 Å². The van der Waals surface area contributed by atoms with E-state index < -0.39 is 59.8 Å². The third kappa shape index (κ3) is 11.4. The molecule has 0 unspecified atom stereocenters. The molecule has 4 rings (SSSR count). The van der Waals surface area contributed by atoms with Crippen molar-refractivity contribution in [2.24, 2.45) is 0 Å². The molecule has 0 fully saturated rings. The molecule has 18 nitrogen and oxygen atoms in total. The van der Waals surface area contributed by atoms with Gasteiger partial charge in [-0.15, -0.1) is 0 Å². The number of carbonyl (C=O) groups excluding carboxylic acids is 7. The lowest BCUT2D eigenvalue weighted by Crippen LogP contribution is -2.54. The number of hydrogen-bond acceptors (Lipinski definition) is 14. The van der Waals surface area contributed by atoms with Gasteiger partial charge in [0.05, 0.1) is 25.3 Å². The smallest absolute Gasteiger partial charge is 0.349 e. The number of anilines is 1. The number of benzene rings is 4. The molecule has 2 atom stereocenters. The van der Waals surface area contributed by atoms with Crippen LogP contribution in [0.15, 0.2) is 84.9 Å². The van der Waals surface area contributed by atoms with Crippen molar-refractivity contribution in [1.29, 1.82) is 0 Å². The summed E-state index contributed by atoms with van der Waals surface area (Å²) in [5, 5.41) is 12.8. The molecular formula is C39H35N3O15. The fourth-order valence-corrected chi connectivity index (χ4v) is 4.80. The van der Waals surface area contributed by atoms with Crippen LogP contribution < -0.4 is 35.1 Å². The second kappa shape index (κ2) is 19.0. The Morgan fingerprint density at radius 1 is 0.544 bits per heavy atom. The van der Waals surface area contributed by atoms with Crippen molar-refractivity contribution >= 4 is 53.3 Å². The van der Waals surface area contributed by atoms with Crippen LogP contribution in [0, 0.1) is 6.92 Å². The number of amides is 3. The maximum Gasteiger partial charge on any atom is 0.349 e. The van der Waals surface area contributed by atoms with Gasteiger partial charge in [0.25, 0.3) is 17.7 Å². The molecule has 0 aromatic heterocycles. The van der Waals surface area contributed by atoms with Crippen LogP contribution in [0.25, 0.3) is 0 Å². The molecule has 0 saturated heterocycles. The van der Waals surface area contributed by atoms with E-state index in [0.717, 1.165) is 43.7 Å². The molecule has 0 aliphatic rings. The fourth-order valence-electron chi connectivity index (χ4n) is 4.80. The van der Waals surface area contributed by atoms with Crippen molar-refractivity contribution in [3.05, 3.63) is 113 Å². The molecule has 3 amide bonds. The minimum absolute atomic E-state index is 0.0236. The number of esters is 4. The molecule has 4 aromatic carbocycles. The summed E-state index contributed by atoms with van der Waals surface area (Å²) < 4.78 is 30.7. The van der Waals surface area contributed by atoms with Gasteiger partial charge in [0.15, 0.2) is 23.0 Å². The van der Waals surface area contributed by atoms with Gasteiger partial charge in [0.2, 0.25) is 12.2 Å². The summed E-state index contributed by atoms with van der Waals surface area (Å²) in [6.45, 7) is 4.13. The van der Waals surface area contributed by atoms with Crippen LogP contribution >= 0.6 is 0 Å². The van der Waals surface area contributed by atoms with Gasteiger partial charge in [-0.05, 0) is 79.7 Å². The van der Waals surface area contributed by atoms with Crippen LogP contribution in [-0.2, 0) is 28.7 Å². The van der Waals surface area contributed by atoms with Crippen molar-refractivity contribution in [2.75, 3.05) is 19.5 Å². The van der Waals surface area contributed by atoms with E-state index in [4.69, 9.17) is 28.4 Å². The predicted octanol–water partition coefficient (Wildman–Crippen LogP) is 3.41. The number of ether oxygens (including phenoxy) is 6. The third-order valence-electron chi connectivity index (χ3n) is 7.57. The van der Waals surface area contributed by atoms with Crippen molar-refractivity contribution in [2.45, 2.75) is 33.0 Å². The van der Waals surface area contributed by atoms with Crippen LogP contribution in [0.4, 0.5) is 5.69 Å². The lowest BCUT2D eigenvalue weighted by atomic mass is 10.1. The van der Waals surface area contributed by atoms with E-state index in [2.05, 4.69) is 10.7 Å². The Morgan fingerprint density at radius 2 is 0.982 bits per heavy atom. The van der Waals surface area contributed by atoms with Gasteiger partial charge in [-0.1, -0.05) is 17.7 Å². The highest BCUT2D eigenvalue weighted by molar-refractivity contribution is 6.05. The average Bonchev–Trinajstić information content (AvgIpc) is 3.18. The molecule has 4 N–H and O–H groups in total. The van der Waals surface area contributed by atoms with E-state index in [1.54, 1.807) is 24.3 Å². The Balaban J connectivity index is 1.56. The van der Waals surface area contributed by atoms with Crippen molar-refractivity contribution < 1.29 is 71.9 Å². The molecule has 0 radical (unpaired) electrons. The standard InChI is InChI=1S/C39H35N3O15/c1-20-6-8-23(9-7-20)34(45)40-27-14-10-24(11-15-27)35(46)41-42-36(47)32(56-38(50)25-12-16-28(54-21(2)43)30(18-25)52-4)33(37(48)49)57-39(51)26-13-17-29(55-22(3)44)31(19-26)53-5/h6-19,32-33H,1-5H3,(H,40,45)(H,41,46)(H,42,47)(H,48,49)/t32-,33-/m0/s1. The summed E-state index contributed by atoms with van der Waals surface area (Å²) in [5.41, 5.74) is 5.08. The quantitative estimate of drug-likeness (QED) is 0.0813. The lowest BCUT2D eigenvalue weighted by molar-refractivity contribution is -0.159. The van der Waals surface area contributed by atoms with Crippen LogP contribution in [0.2, 0.25) is 0 Å². The predicted molar refractivity (Wildman–Crippen MR) is 196 cm³/mol. The monoisotopic (exact) mass is 785 g/mol. The molecule has 4 aromatic rings. The summed E-state index contributed by atoms with van der Waals surface area (Å²) in [7, 11) is 2.41. The summed E-state index contributed by atoms with van der Waals surface area (Å²) in [5.74, 6) is -9.15. The number of hydrazine groups is 1. The van der Waals surface area contributed by atoms with Gasteiger partial charge in [0, 0.05) is 30.7 Å². The highest BCUT2D eigenvalue weighted by atomic mass is 16.6. The molecule has 18 heteroatoms. The average molecular weight is 786 g/mol. The molecule has 0 heterocycles. The minimum atomic E-state index is -2.53. The number of carbonyl (C=O) groups is 8. The number of carboxylic acids is 1. The Morgan fingerprint density at radius 3 is 1.44 bits per heavy atom. The first-order valence-electron chi connectivity index (χ1n) is 16.6. The fraction of sp³-hybridized carbons (Fsp3) is 0.179. The molecular weight excluding hydrogens is 750 g/mol. The van der Waals surface area contributed by atoms with Gasteiger partial charge >= 0.3 is 29.8 Å². The second-order valence-corrected chi connectivity index (χ2v) is 11.7. The normalized spacial score (nSPS) is 11.4. The molecule has 0 aliphatic carbocycles. The Kier molecular flexibility index (Phi) is 14.0. The molecule has 0 saturated carbocycles. The topological polar surface area (TPSA) is 248 Å². The van der Waals surface area contributed by atoms with E-state index in [-0.39, 0.29) is 39.7 Å². The zero-order chi connectivity index (χ0) is 41.8. The van der Waals surface area contributed by atoms with Crippen molar-refractivity contribution in [3.63, 3.8) is 0 Å². The van der Waals surface area contributed by atoms with Crippen LogP contribution in [-0.4, -0.2) is 79.1 Å². The highest BCUT2D eigenvalue weighted by Gasteiger charge is 2.41. The lowest BCUT2D eigenvalue weighted by Gasteiger charge is -2.24. The maximum atomic E-state index is 13.5. The van der Waals surface area contributed by atoms with Gasteiger partial charge < -0.3 is 38.8 Å². The zero-order valence-corrected chi connectivity index (χ0v) is 30.9. The summed E-state index contributed by atoms with van der Waals surface area (Å²) in [4.78, 5) is 101. The first-order chi connectivity index (χ1) is 27.1. The van der Waals surface area contributed by atoms with E-state index in [1.165, 1.54) is 50.6 Å². The van der Waals surface area contributed by atoms with Crippen LogP contribution in [0.3, 0.4) is 0 Å². The van der Waals surface area contributed by atoms with E-state index in [1.807, 2.05) is 12.3 Å². The second-order valence-electron chi connectivity index (χ2n) is 11.7. The number of carboxylic acid groups (broad SMARTS) is 1. The Hall–Kier alpha value is -7.76. The molecule has 0 aliphatic heterocycles. The first kappa shape index (κ1) is 42.0. The van der Waals surface area contributed by atoms with Gasteiger partial charge in [0.1, 0.15) is 0 Å². The maximum absolute atomic E-state index is 13.5. The molecule has 0 bridgehead atoms. The van der Waals surface area contributed by atoms with Gasteiger partial charge in [-0.25, -0.2) is 14.4 Å². The van der Waals surface area contributed by atoms with Gasteiger partial charge in [-0.3, -0.25) is 34.8 Å². The van der Waals surface area contributed by atoms with Crippen molar-refractivity contribution in [3.8, 4) is 23.0 Å². The van der Waals surface area contributed by atoms with E-state index in [0.29, 0.717) is 11.3 Å².